The van der Waals surface area contributed by atoms with E-state index >= 15 is 0 Å². The molecule has 10 rings (SSSR count). The summed E-state index contributed by atoms with van der Waals surface area (Å²) in [5.41, 5.74) is 4.01. The van der Waals surface area contributed by atoms with Crippen molar-refractivity contribution in [1.82, 2.24) is 24.5 Å². The Kier molecular flexibility index (Phi) is 10.0. The fourth-order valence-corrected chi connectivity index (χ4v) is 8.06. The topological polar surface area (TPSA) is 80.3 Å². The Bertz CT molecular complexity index is 3120. The van der Waals surface area contributed by atoms with Crippen LogP contribution in [0.5, 0.6) is 0 Å². The third-order valence-corrected chi connectivity index (χ3v) is 11.1. The predicted molar refractivity (Wildman–Crippen MR) is 239 cm³/mol. The molecule has 0 saturated heterocycles. The second-order valence-electron chi connectivity index (χ2n) is 15.2. The van der Waals surface area contributed by atoms with Crippen molar-refractivity contribution >= 4 is 21.8 Å². The lowest BCUT2D eigenvalue weighted by molar-refractivity contribution is -0.138. The van der Waals surface area contributed by atoms with Gasteiger partial charge in [0.25, 0.3) is 0 Å². The summed E-state index contributed by atoms with van der Waals surface area (Å²) in [7, 11) is 0. The van der Waals surface area contributed by atoms with Gasteiger partial charge in [-0.25, -0.2) is 19.9 Å². The smallest absolute Gasteiger partial charge is 0.308 e. The lowest BCUT2D eigenvalue weighted by Gasteiger charge is -2.20. The maximum atomic E-state index is 14.4. The van der Waals surface area contributed by atoms with Crippen molar-refractivity contribution in [2.24, 2.45) is 0 Å². The lowest BCUT2D eigenvalue weighted by Crippen LogP contribution is -2.07. The van der Waals surface area contributed by atoms with Gasteiger partial charge in [-0.15, -0.1) is 0 Å². The Morgan fingerprint density at radius 1 is 0.400 bits per heavy atom. The number of alkyl halides is 6. The number of hydrogen-bond acceptors (Lipinski definition) is 5. The zero-order valence-corrected chi connectivity index (χ0v) is 33.8. The molecule has 0 unspecified atom stereocenters. The van der Waals surface area contributed by atoms with Gasteiger partial charge in [-0.3, -0.25) is 0 Å². The minimum absolute atomic E-state index is 0.0799. The molecule has 0 aliphatic heterocycles. The van der Waals surface area contributed by atoms with Gasteiger partial charge in [0.15, 0.2) is 11.6 Å². The average molecular weight is 865 g/mol. The number of benzene rings is 7. The molecule has 7 aromatic carbocycles. The van der Waals surface area contributed by atoms with Crippen LogP contribution in [0.4, 0.5) is 26.3 Å². The van der Waals surface area contributed by atoms with E-state index in [0.29, 0.717) is 39.7 Å². The van der Waals surface area contributed by atoms with Crippen LogP contribution in [0.25, 0.3) is 95.3 Å². The molecular formula is C53H30F6N6. The van der Waals surface area contributed by atoms with Gasteiger partial charge in [-0.2, -0.15) is 31.6 Å². The van der Waals surface area contributed by atoms with Gasteiger partial charge in [0, 0.05) is 44.2 Å². The van der Waals surface area contributed by atoms with Crippen LogP contribution < -0.4 is 0 Å². The highest BCUT2D eigenvalue weighted by atomic mass is 19.4. The molecule has 0 N–H and O–H groups in total. The van der Waals surface area contributed by atoms with Crippen molar-refractivity contribution in [2.45, 2.75) is 12.4 Å². The first-order valence-electron chi connectivity index (χ1n) is 20.2. The van der Waals surface area contributed by atoms with Gasteiger partial charge in [-0.1, -0.05) is 121 Å². The molecule has 0 fully saturated rings. The van der Waals surface area contributed by atoms with Gasteiger partial charge in [0.1, 0.15) is 0 Å². The number of fused-ring (bicyclic) bond motifs is 3. The van der Waals surface area contributed by atoms with Gasteiger partial charge in [0.2, 0.25) is 0 Å². The SMILES string of the molecule is N#Cc1cc(-c2cc(-c3ccccc3)nc(-c3ccccc3)n2)c(-n2c3ccc(C(F)(F)F)cc3c3cc(C(F)(F)F)ccc32)c(-c2nc(-c3ccccc3)cc(-c3ccccc3)n2)c1. The Balaban J connectivity index is 1.38. The highest BCUT2D eigenvalue weighted by Crippen LogP contribution is 2.45. The van der Waals surface area contributed by atoms with Crippen molar-refractivity contribution in [3.63, 3.8) is 0 Å². The summed E-state index contributed by atoms with van der Waals surface area (Å²) in [5, 5.41) is 10.6. The number of rotatable bonds is 7. The van der Waals surface area contributed by atoms with Crippen LogP contribution in [0, 0.1) is 11.3 Å². The summed E-state index contributed by atoms with van der Waals surface area (Å²) in [6, 6.07) is 52.4. The molecule has 314 valence electrons. The molecule has 65 heavy (non-hydrogen) atoms. The van der Waals surface area contributed by atoms with E-state index in [9.17, 15) is 31.6 Å². The van der Waals surface area contributed by atoms with Gasteiger partial charge in [-0.05, 0) is 60.7 Å². The Morgan fingerprint density at radius 3 is 1.22 bits per heavy atom. The van der Waals surface area contributed by atoms with Crippen molar-refractivity contribution < 1.29 is 26.3 Å². The maximum absolute atomic E-state index is 14.4. The Morgan fingerprint density at radius 2 is 0.785 bits per heavy atom. The summed E-state index contributed by atoms with van der Waals surface area (Å²) >= 11 is 0. The summed E-state index contributed by atoms with van der Waals surface area (Å²) in [6.07, 6.45) is -9.62. The van der Waals surface area contributed by atoms with Crippen LogP contribution in [0.15, 0.2) is 182 Å². The van der Waals surface area contributed by atoms with Crippen LogP contribution in [-0.2, 0) is 12.4 Å². The zero-order valence-electron chi connectivity index (χ0n) is 33.8. The van der Waals surface area contributed by atoms with E-state index in [1.54, 1.807) is 22.8 Å². The lowest BCUT2D eigenvalue weighted by atomic mass is 9.97. The van der Waals surface area contributed by atoms with Crippen molar-refractivity contribution in [1.29, 1.82) is 5.26 Å². The first-order chi connectivity index (χ1) is 31.4. The molecule has 0 spiro atoms. The van der Waals surface area contributed by atoms with E-state index in [1.807, 2.05) is 127 Å². The normalized spacial score (nSPS) is 11.8. The van der Waals surface area contributed by atoms with Gasteiger partial charge < -0.3 is 4.57 Å². The van der Waals surface area contributed by atoms with E-state index in [0.717, 1.165) is 41.0 Å². The number of nitriles is 1. The molecule has 0 amide bonds. The van der Waals surface area contributed by atoms with E-state index in [-0.39, 0.29) is 44.4 Å². The highest BCUT2D eigenvalue weighted by molar-refractivity contribution is 6.11. The molecule has 3 heterocycles. The van der Waals surface area contributed by atoms with Crippen molar-refractivity contribution in [2.75, 3.05) is 0 Å². The fourth-order valence-electron chi connectivity index (χ4n) is 8.06. The molecule has 0 aliphatic rings. The number of hydrogen-bond donors (Lipinski definition) is 0. The number of nitrogens with zero attached hydrogens (tertiary/aromatic N) is 6. The van der Waals surface area contributed by atoms with Gasteiger partial charge in [0.05, 0.1) is 62.3 Å². The van der Waals surface area contributed by atoms with Crippen LogP contribution in [0.2, 0.25) is 0 Å². The molecular weight excluding hydrogens is 835 g/mol. The Labute approximate surface area is 367 Å². The molecule has 3 aromatic heterocycles. The minimum atomic E-state index is -4.81. The third-order valence-electron chi connectivity index (χ3n) is 11.1. The number of halogens is 6. The van der Waals surface area contributed by atoms with Crippen molar-refractivity contribution in [3.05, 3.63) is 199 Å². The second kappa shape index (κ2) is 16.0. The highest BCUT2D eigenvalue weighted by Gasteiger charge is 2.34. The van der Waals surface area contributed by atoms with E-state index in [1.165, 1.54) is 12.1 Å². The molecule has 0 saturated carbocycles. The fraction of sp³-hybridized carbons (Fsp3) is 0.0377. The first kappa shape index (κ1) is 40.6. The Hall–Kier alpha value is -8.43. The summed E-state index contributed by atoms with van der Waals surface area (Å²) < 4.78 is 88.2. The van der Waals surface area contributed by atoms with E-state index in [2.05, 4.69) is 6.07 Å². The zero-order chi connectivity index (χ0) is 44.9. The van der Waals surface area contributed by atoms with Crippen LogP contribution in [0.3, 0.4) is 0 Å². The third kappa shape index (κ3) is 7.74. The molecule has 12 heteroatoms. The maximum Gasteiger partial charge on any atom is 0.416 e. The first-order valence-corrected chi connectivity index (χ1v) is 20.2. The van der Waals surface area contributed by atoms with Crippen molar-refractivity contribution in [3.8, 4) is 79.6 Å². The largest absolute Gasteiger partial charge is 0.416 e. The molecule has 6 nitrogen and oxygen atoms in total. The summed E-state index contributed by atoms with van der Waals surface area (Å²) in [6.45, 7) is 0. The summed E-state index contributed by atoms with van der Waals surface area (Å²) in [5.74, 6) is 0.463. The summed E-state index contributed by atoms with van der Waals surface area (Å²) in [4.78, 5) is 20.2. The standard InChI is InChI=1S/C53H30F6N6/c54-52(55,56)37-21-23-47-39(27-37)40-28-38(53(57,58)59)22-24-48(40)65(47)49-41(46-30-45(35-17-9-3-10-18-35)61-50(64-46)36-19-11-4-12-20-36)25-32(31-60)26-42(49)51-62-43(33-13-5-1-6-14-33)29-44(63-51)34-15-7-2-8-16-34/h1-30H. The van der Waals surface area contributed by atoms with Crippen LogP contribution in [0.1, 0.15) is 16.7 Å². The monoisotopic (exact) mass is 864 g/mol. The van der Waals surface area contributed by atoms with E-state index in [4.69, 9.17) is 19.9 Å². The average Bonchev–Trinajstić information content (AvgIpc) is 3.66. The predicted octanol–water partition coefficient (Wildman–Crippen LogP) is 14.3. The van der Waals surface area contributed by atoms with Gasteiger partial charge >= 0.3 is 12.4 Å². The quantitative estimate of drug-likeness (QED) is 0.149. The molecule has 0 aliphatic carbocycles. The van der Waals surface area contributed by atoms with Crippen LogP contribution >= 0.6 is 0 Å². The molecule has 0 radical (unpaired) electrons. The second-order valence-corrected chi connectivity index (χ2v) is 15.2. The molecule has 0 bridgehead atoms. The van der Waals surface area contributed by atoms with Crippen LogP contribution in [-0.4, -0.2) is 24.5 Å². The molecule has 10 aromatic rings. The molecule has 0 atom stereocenters. The number of aromatic nitrogens is 5. The van der Waals surface area contributed by atoms with E-state index < -0.39 is 23.5 Å². The minimum Gasteiger partial charge on any atom is -0.308 e.